The van der Waals surface area contributed by atoms with Crippen LogP contribution in [0.1, 0.15) is 77.6 Å². The van der Waals surface area contributed by atoms with Crippen LogP contribution in [-0.2, 0) is 9.59 Å². The minimum absolute atomic E-state index is 0.117. The Balaban J connectivity index is 2.45. The summed E-state index contributed by atoms with van der Waals surface area (Å²) in [7, 11) is 0. The first-order valence-electron chi connectivity index (χ1n) is 8.50. The van der Waals surface area contributed by atoms with Gasteiger partial charge in [-0.1, -0.05) is 50.8 Å². The Kier molecular flexibility index (Phi) is 8.26. The number of carbonyl (C=O) groups excluding carboxylic acids is 2. The molecule has 2 nitrogen and oxygen atoms in total. The quantitative estimate of drug-likeness (QED) is 0.316. The van der Waals surface area contributed by atoms with Crippen LogP contribution in [0.15, 0.2) is 24.8 Å². The predicted molar refractivity (Wildman–Crippen MR) is 88.2 cm³/mol. The number of unbranched alkanes of at least 4 members (excludes halogenated alkanes) is 5. The van der Waals surface area contributed by atoms with Gasteiger partial charge in [0, 0.05) is 12.8 Å². The van der Waals surface area contributed by atoms with Gasteiger partial charge < -0.3 is 0 Å². The lowest BCUT2D eigenvalue weighted by atomic mass is 9.67. The molecule has 0 radical (unpaired) electrons. The van der Waals surface area contributed by atoms with Gasteiger partial charge in [-0.3, -0.25) is 9.59 Å². The molecule has 0 N–H and O–H groups in total. The van der Waals surface area contributed by atoms with Gasteiger partial charge >= 0.3 is 0 Å². The topological polar surface area (TPSA) is 34.1 Å². The minimum atomic E-state index is -0.793. The van der Waals surface area contributed by atoms with E-state index in [1.165, 1.54) is 32.1 Å². The van der Waals surface area contributed by atoms with Gasteiger partial charge in [0.15, 0.2) is 0 Å². The lowest BCUT2D eigenvalue weighted by molar-refractivity contribution is -0.143. The van der Waals surface area contributed by atoms with Crippen LogP contribution >= 0.6 is 0 Å². The van der Waals surface area contributed by atoms with Crippen molar-refractivity contribution in [2.75, 3.05) is 0 Å². The van der Waals surface area contributed by atoms with E-state index in [4.69, 9.17) is 0 Å². The van der Waals surface area contributed by atoms with Crippen molar-refractivity contribution in [1.29, 1.82) is 0 Å². The zero-order chi connectivity index (χ0) is 15.6. The fraction of sp³-hybridized carbons (Fsp3) is 0.684. The molecular weight excluding hydrogens is 260 g/mol. The van der Waals surface area contributed by atoms with Gasteiger partial charge in [-0.2, -0.15) is 0 Å². The summed E-state index contributed by atoms with van der Waals surface area (Å²) >= 11 is 0. The number of rotatable bonds is 10. The number of Topliss-reactive ketones (excluding diaryl/α,β-unsaturated/α-hetero) is 2. The minimum Gasteiger partial charge on any atom is -0.299 e. The van der Waals surface area contributed by atoms with E-state index in [-0.39, 0.29) is 11.6 Å². The summed E-state index contributed by atoms with van der Waals surface area (Å²) in [4.78, 5) is 24.5. The van der Waals surface area contributed by atoms with E-state index in [0.29, 0.717) is 25.7 Å². The molecule has 0 heterocycles. The molecule has 0 amide bonds. The molecule has 118 valence electrons. The van der Waals surface area contributed by atoms with E-state index in [1.807, 2.05) is 6.08 Å². The number of carbonyl (C=O) groups is 2. The van der Waals surface area contributed by atoms with E-state index in [9.17, 15) is 9.59 Å². The fourth-order valence-electron chi connectivity index (χ4n) is 3.10. The molecule has 0 atom stereocenters. The second-order valence-corrected chi connectivity index (χ2v) is 6.15. The van der Waals surface area contributed by atoms with Gasteiger partial charge in [0.05, 0.1) is 5.41 Å². The molecule has 1 fully saturated rings. The number of allylic oxidation sites excluding steroid dienone is 3. The molecule has 0 saturated heterocycles. The Bertz CT molecular complexity index is 363. The normalized spacial score (nSPS) is 18.3. The smallest absolute Gasteiger partial charge is 0.147 e. The van der Waals surface area contributed by atoms with Crippen molar-refractivity contribution < 1.29 is 9.59 Å². The Morgan fingerprint density at radius 3 is 2.29 bits per heavy atom. The summed E-state index contributed by atoms with van der Waals surface area (Å²) in [6.07, 6.45) is 16.2. The van der Waals surface area contributed by atoms with Crippen molar-refractivity contribution >= 4 is 11.6 Å². The summed E-state index contributed by atoms with van der Waals surface area (Å²) in [5.74, 6) is 0.234. The third kappa shape index (κ3) is 5.26. The second-order valence-electron chi connectivity index (χ2n) is 6.15. The SMILES string of the molecule is C=CCC1(C/C=C/CCCCCCC)C(=O)CCCC1=O. The van der Waals surface area contributed by atoms with Gasteiger partial charge in [-0.05, 0) is 32.1 Å². The molecule has 0 aliphatic heterocycles. The molecular formula is C19H30O2. The van der Waals surface area contributed by atoms with Gasteiger partial charge in [0.25, 0.3) is 0 Å². The highest BCUT2D eigenvalue weighted by atomic mass is 16.2. The van der Waals surface area contributed by atoms with Crippen LogP contribution in [-0.4, -0.2) is 11.6 Å². The van der Waals surface area contributed by atoms with Gasteiger partial charge in [0.2, 0.25) is 0 Å². The lowest BCUT2D eigenvalue weighted by Crippen LogP contribution is -2.41. The van der Waals surface area contributed by atoms with Gasteiger partial charge in [0.1, 0.15) is 11.6 Å². The van der Waals surface area contributed by atoms with Gasteiger partial charge in [-0.15, -0.1) is 6.58 Å². The van der Waals surface area contributed by atoms with Crippen molar-refractivity contribution in [3.8, 4) is 0 Å². The summed E-state index contributed by atoms with van der Waals surface area (Å²) in [6.45, 7) is 5.95. The molecule has 21 heavy (non-hydrogen) atoms. The maximum atomic E-state index is 12.3. The zero-order valence-electron chi connectivity index (χ0n) is 13.5. The first-order valence-corrected chi connectivity index (χ1v) is 8.50. The predicted octanol–water partition coefficient (Wildman–Crippen LogP) is 5.18. The lowest BCUT2D eigenvalue weighted by Gasteiger charge is -2.32. The Labute approximate surface area is 129 Å². The molecule has 0 unspecified atom stereocenters. The van der Waals surface area contributed by atoms with Crippen LogP contribution in [0.3, 0.4) is 0 Å². The van der Waals surface area contributed by atoms with Crippen molar-refractivity contribution in [3.63, 3.8) is 0 Å². The highest BCUT2D eigenvalue weighted by molar-refractivity contribution is 6.09. The van der Waals surface area contributed by atoms with Crippen LogP contribution in [0.4, 0.5) is 0 Å². The standard InChI is InChI=1S/C19H30O2/c1-3-5-6-7-8-9-10-11-16-19(15-4-2)17(20)13-12-14-18(19)21/h4,10-11H,2-3,5-9,12-16H2,1H3/b11-10+. The van der Waals surface area contributed by atoms with Crippen molar-refractivity contribution in [3.05, 3.63) is 24.8 Å². The maximum Gasteiger partial charge on any atom is 0.147 e. The fourth-order valence-corrected chi connectivity index (χ4v) is 3.10. The van der Waals surface area contributed by atoms with Crippen LogP contribution < -0.4 is 0 Å². The largest absolute Gasteiger partial charge is 0.299 e. The summed E-state index contributed by atoms with van der Waals surface area (Å²) < 4.78 is 0. The monoisotopic (exact) mass is 290 g/mol. The maximum absolute atomic E-state index is 12.3. The molecule has 0 bridgehead atoms. The third-order valence-corrected chi connectivity index (χ3v) is 4.48. The van der Waals surface area contributed by atoms with Crippen LogP contribution in [0.2, 0.25) is 0 Å². The van der Waals surface area contributed by atoms with Crippen LogP contribution in [0.5, 0.6) is 0 Å². The molecule has 0 aromatic carbocycles. The Hall–Kier alpha value is -1.18. The van der Waals surface area contributed by atoms with Crippen LogP contribution in [0.25, 0.3) is 0 Å². The number of ketones is 2. The molecule has 0 aromatic heterocycles. The van der Waals surface area contributed by atoms with Crippen LogP contribution in [0, 0.1) is 5.41 Å². The number of hydrogen-bond acceptors (Lipinski definition) is 2. The molecule has 0 aromatic rings. The third-order valence-electron chi connectivity index (χ3n) is 4.48. The number of hydrogen-bond donors (Lipinski definition) is 0. The van der Waals surface area contributed by atoms with Crippen molar-refractivity contribution in [2.24, 2.45) is 5.41 Å². The molecule has 1 rings (SSSR count). The Morgan fingerprint density at radius 1 is 1.00 bits per heavy atom. The average Bonchev–Trinajstić information content (AvgIpc) is 2.47. The van der Waals surface area contributed by atoms with E-state index in [2.05, 4.69) is 19.6 Å². The van der Waals surface area contributed by atoms with E-state index in [1.54, 1.807) is 6.08 Å². The van der Waals surface area contributed by atoms with Crippen molar-refractivity contribution in [1.82, 2.24) is 0 Å². The Morgan fingerprint density at radius 2 is 1.67 bits per heavy atom. The first kappa shape index (κ1) is 17.9. The first-order chi connectivity index (χ1) is 10.2. The summed E-state index contributed by atoms with van der Waals surface area (Å²) in [5, 5.41) is 0. The average molecular weight is 290 g/mol. The van der Waals surface area contributed by atoms with E-state index < -0.39 is 5.41 Å². The molecule has 1 aliphatic rings. The molecule has 2 heteroatoms. The van der Waals surface area contributed by atoms with E-state index >= 15 is 0 Å². The molecule has 1 aliphatic carbocycles. The summed E-state index contributed by atoms with van der Waals surface area (Å²) in [5.41, 5.74) is -0.793. The highest BCUT2D eigenvalue weighted by Gasteiger charge is 2.44. The highest BCUT2D eigenvalue weighted by Crippen LogP contribution is 2.37. The summed E-state index contributed by atoms with van der Waals surface area (Å²) in [6, 6.07) is 0. The molecule has 0 spiro atoms. The van der Waals surface area contributed by atoms with E-state index in [0.717, 1.165) is 12.8 Å². The van der Waals surface area contributed by atoms with Crippen molar-refractivity contribution in [2.45, 2.75) is 77.6 Å². The van der Waals surface area contributed by atoms with Gasteiger partial charge in [-0.25, -0.2) is 0 Å². The molecule has 1 saturated carbocycles. The second kappa shape index (κ2) is 9.70. The zero-order valence-corrected chi connectivity index (χ0v) is 13.5.